The fraction of sp³-hybridized carbons (Fsp3) is 0.278. The first-order valence-corrected chi connectivity index (χ1v) is 8.30. The monoisotopic (exact) mass is 387 g/mol. The van der Waals surface area contributed by atoms with E-state index in [1.807, 2.05) is 0 Å². The molecule has 0 bridgehead atoms. The van der Waals surface area contributed by atoms with E-state index in [0.29, 0.717) is 0 Å². The van der Waals surface area contributed by atoms with Crippen LogP contribution in [0.2, 0.25) is 0 Å². The molecule has 0 radical (unpaired) electrons. The van der Waals surface area contributed by atoms with Crippen molar-refractivity contribution in [2.45, 2.75) is 12.2 Å². The minimum absolute atomic E-state index is 0.0615. The van der Waals surface area contributed by atoms with Crippen LogP contribution in [0.4, 0.5) is 17.6 Å². The van der Waals surface area contributed by atoms with Gasteiger partial charge in [0, 0.05) is 11.1 Å². The van der Waals surface area contributed by atoms with E-state index in [0.717, 1.165) is 12.1 Å². The molecule has 2 aromatic carbocycles. The SMILES string of the molecule is O=C(CCl)N1CCOc2ccc(C(F)(F)F)cc2C1c1ccccc1F. The van der Waals surface area contributed by atoms with Crippen LogP contribution >= 0.6 is 11.6 Å². The van der Waals surface area contributed by atoms with Crippen molar-refractivity contribution in [2.75, 3.05) is 19.0 Å². The van der Waals surface area contributed by atoms with Crippen LogP contribution in [-0.4, -0.2) is 29.8 Å². The van der Waals surface area contributed by atoms with Crippen molar-refractivity contribution in [1.82, 2.24) is 4.90 Å². The van der Waals surface area contributed by atoms with E-state index in [2.05, 4.69) is 0 Å². The lowest BCUT2D eigenvalue weighted by atomic mass is 9.94. The van der Waals surface area contributed by atoms with Crippen LogP contribution in [0.3, 0.4) is 0 Å². The molecule has 1 heterocycles. The van der Waals surface area contributed by atoms with Gasteiger partial charge < -0.3 is 9.64 Å². The first-order valence-electron chi connectivity index (χ1n) is 7.76. The van der Waals surface area contributed by atoms with Crippen molar-refractivity contribution in [3.05, 3.63) is 65.0 Å². The van der Waals surface area contributed by atoms with E-state index in [9.17, 15) is 22.4 Å². The smallest absolute Gasteiger partial charge is 0.416 e. The highest BCUT2D eigenvalue weighted by molar-refractivity contribution is 6.27. The summed E-state index contributed by atoms with van der Waals surface area (Å²) in [5.74, 6) is -1.35. The molecule has 0 fully saturated rings. The summed E-state index contributed by atoms with van der Waals surface area (Å²) < 4.78 is 59.5. The number of hydrogen-bond donors (Lipinski definition) is 0. The fourth-order valence-electron chi connectivity index (χ4n) is 3.00. The Morgan fingerprint density at radius 2 is 1.92 bits per heavy atom. The third-order valence-corrected chi connectivity index (χ3v) is 4.40. The van der Waals surface area contributed by atoms with Crippen LogP contribution in [0.15, 0.2) is 42.5 Å². The molecule has 3 rings (SSSR count). The van der Waals surface area contributed by atoms with Gasteiger partial charge in [0.1, 0.15) is 24.1 Å². The maximum atomic E-state index is 14.4. The predicted octanol–water partition coefficient (Wildman–Crippen LogP) is 4.39. The van der Waals surface area contributed by atoms with Gasteiger partial charge in [-0.05, 0) is 24.3 Å². The molecule has 0 saturated carbocycles. The second kappa shape index (κ2) is 7.15. The van der Waals surface area contributed by atoms with Crippen LogP contribution in [0, 0.1) is 5.82 Å². The number of benzene rings is 2. The van der Waals surface area contributed by atoms with E-state index in [1.165, 1.54) is 29.2 Å². The average Bonchev–Trinajstić information content (AvgIpc) is 2.79. The first kappa shape index (κ1) is 18.5. The van der Waals surface area contributed by atoms with Crippen LogP contribution in [0.5, 0.6) is 5.75 Å². The summed E-state index contributed by atoms with van der Waals surface area (Å²) in [6.45, 7) is 0.131. The maximum absolute atomic E-state index is 14.4. The summed E-state index contributed by atoms with van der Waals surface area (Å²) in [7, 11) is 0. The van der Waals surface area contributed by atoms with Gasteiger partial charge in [0.05, 0.1) is 18.2 Å². The second-order valence-electron chi connectivity index (χ2n) is 5.74. The molecule has 1 unspecified atom stereocenters. The van der Waals surface area contributed by atoms with Crippen LogP contribution in [0.25, 0.3) is 0 Å². The summed E-state index contributed by atoms with van der Waals surface area (Å²) in [6, 6.07) is 7.57. The maximum Gasteiger partial charge on any atom is 0.416 e. The normalized spacial score (nSPS) is 17.3. The number of alkyl halides is 4. The number of amides is 1. The molecule has 0 saturated heterocycles. The van der Waals surface area contributed by atoms with Gasteiger partial charge in [-0.1, -0.05) is 18.2 Å². The Hall–Kier alpha value is -2.28. The summed E-state index contributed by atoms with van der Waals surface area (Å²) in [6.07, 6.45) is -4.58. The zero-order valence-electron chi connectivity index (χ0n) is 13.4. The van der Waals surface area contributed by atoms with Crippen molar-refractivity contribution in [1.29, 1.82) is 0 Å². The zero-order valence-corrected chi connectivity index (χ0v) is 14.1. The Kier molecular flexibility index (Phi) is 5.09. The molecule has 0 aliphatic carbocycles. The molecule has 1 amide bonds. The third kappa shape index (κ3) is 3.49. The number of carbonyl (C=O) groups excluding carboxylic acids is 1. The molecule has 0 spiro atoms. The average molecular weight is 388 g/mol. The Labute approximate surface area is 152 Å². The van der Waals surface area contributed by atoms with Gasteiger partial charge in [-0.2, -0.15) is 13.2 Å². The van der Waals surface area contributed by atoms with Gasteiger partial charge in [-0.3, -0.25) is 4.79 Å². The molecule has 1 aliphatic heterocycles. The highest BCUT2D eigenvalue weighted by Crippen LogP contribution is 2.41. The van der Waals surface area contributed by atoms with Gasteiger partial charge in [-0.15, -0.1) is 11.6 Å². The molecule has 3 nitrogen and oxygen atoms in total. The minimum Gasteiger partial charge on any atom is -0.491 e. The molecular weight excluding hydrogens is 374 g/mol. The van der Waals surface area contributed by atoms with Gasteiger partial charge >= 0.3 is 6.18 Å². The Morgan fingerprint density at radius 3 is 2.58 bits per heavy atom. The molecular formula is C18H14ClF4NO2. The summed E-state index contributed by atoms with van der Waals surface area (Å²) in [4.78, 5) is 13.5. The quantitative estimate of drug-likeness (QED) is 0.565. The number of rotatable bonds is 2. The topological polar surface area (TPSA) is 29.5 Å². The second-order valence-corrected chi connectivity index (χ2v) is 6.01. The van der Waals surface area contributed by atoms with Gasteiger partial charge in [0.25, 0.3) is 0 Å². The molecule has 2 aromatic rings. The summed E-state index contributed by atoms with van der Waals surface area (Å²) in [5.41, 5.74) is -0.751. The minimum atomic E-state index is -4.58. The van der Waals surface area contributed by atoms with Crippen molar-refractivity contribution in [3.8, 4) is 5.75 Å². The molecule has 1 atom stereocenters. The molecule has 1 aliphatic rings. The number of halogens is 5. The lowest BCUT2D eigenvalue weighted by Gasteiger charge is -2.30. The number of fused-ring (bicyclic) bond motifs is 1. The molecule has 0 aromatic heterocycles. The Morgan fingerprint density at radius 1 is 1.19 bits per heavy atom. The highest BCUT2D eigenvalue weighted by atomic mass is 35.5. The standard InChI is InChI=1S/C18H14ClF4NO2/c19-10-16(25)24-7-8-26-15-6-5-11(18(21,22)23)9-13(15)17(24)12-3-1-2-4-14(12)20/h1-6,9,17H,7-8,10H2. The number of ether oxygens (including phenoxy) is 1. The van der Waals surface area contributed by atoms with Gasteiger partial charge in [0.2, 0.25) is 5.91 Å². The molecule has 0 N–H and O–H groups in total. The largest absolute Gasteiger partial charge is 0.491 e. The highest BCUT2D eigenvalue weighted by Gasteiger charge is 2.36. The first-order chi connectivity index (χ1) is 12.3. The molecule has 138 valence electrons. The van der Waals surface area contributed by atoms with Crippen LogP contribution < -0.4 is 4.74 Å². The van der Waals surface area contributed by atoms with E-state index in [-0.39, 0.29) is 35.9 Å². The summed E-state index contributed by atoms with van der Waals surface area (Å²) in [5, 5.41) is 0. The van der Waals surface area contributed by atoms with E-state index < -0.39 is 29.5 Å². The van der Waals surface area contributed by atoms with Crippen molar-refractivity contribution in [3.63, 3.8) is 0 Å². The summed E-state index contributed by atoms with van der Waals surface area (Å²) >= 11 is 5.66. The van der Waals surface area contributed by atoms with Gasteiger partial charge in [-0.25, -0.2) is 4.39 Å². The fourth-order valence-corrected chi connectivity index (χ4v) is 3.15. The van der Waals surface area contributed by atoms with E-state index in [1.54, 1.807) is 6.07 Å². The Balaban J connectivity index is 2.23. The van der Waals surface area contributed by atoms with Crippen molar-refractivity contribution < 1.29 is 27.1 Å². The van der Waals surface area contributed by atoms with E-state index >= 15 is 0 Å². The zero-order chi connectivity index (χ0) is 18.9. The van der Waals surface area contributed by atoms with E-state index in [4.69, 9.17) is 16.3 Å². The van der Waals surface area contributed by atoms with Gasteiger partial charge in [0.15, 0.2) is 0 Å². The lowest BCUT2D eigenvalue weighted by molar-refractivity contribution is -0.137. The Bertz CT molecular complexity index is 825. The van der Waals surface area contributed by atoms with Crippen molar-refractivity contribution >= 4 is 17.5 Å². The number of carbonyl (C=O) groups is 1. The van der Waals surface area contributed by atoms with Crippen LogP contribution in [-0.2, 0) is 11.0 Å². The van der Waals surface area contributed by atoms with Crippen LogP contribution in [0.1, 0.15) is 22.7 Å². The molecule has 8 heteroatoms. The van der Waals surface area contributed by atoms with Crippen molar-refractivity contribution in [2.24, 2.45) is 0 Å². The predicted molar refractivity (Wildman–Crippen MR) is 87.6 cm³/mol. The number of hydrogen-bond acceptors (Lipinski definition) is 2. The molecule has 26 heavy (non-hydrogen) atoms. The number of nitrogens with zero attached hydrogens (tertiary/aromatic N) is 1. The third-order valence-electron chi connectivity index (χ3n) is 4.17. The lowest BCUT2D eigenvalue weighted by Crippen LogP contribution is -2.38.